The molecule has 0 aliphatic rings. The van der Waals surface area contributed by atoms with Crippen LogP contribution >= 0.6 is 0 Å². The molecule has 0 unspecified atom stereocenters. The van der Waals surface area contributed by atoms with Crippen molar-refractivity contribution in [2.75, 3.05) is 0 Å². The summed E-state index contributed by atoms with van der Waals surface area (Å²) in [5.74, 6) is 0. The van der Waals surface area contributed by atoms with Gasteiger partial charge in [0.25, 0.3) is 6.47 Å². The van der Waals surface area contributed by atoms with Gasteiger partial charge in [-0.3, -0.25) is 4.79 Å². The normalized spacial score (nSPS) is 8.00. The molecule has 0 fully saturated rings. The first-order valence-corrected chi connectivity index (χ1v) is 5.40. The zero-order valence-electron chi connectivity index (χ0n) is 11.1. The van der Waals surface area contributed by atoms with E-state index in [0.717, 1.165) is 0 Å². The van der Waals surface area contributed by atoms with Crippen LogP contribution in [0.15, 0.2) is 54.6 Å². The molecule has 21 heavy (non-hydrogen) atoms. The van der Waals surface area contributed by atoms with Crippen LogP contribution in [0.4, 0.5) is 0 Å². The van der Waals surface area contributed by atoms with Gasteiger partial charge in [0, 0.05) is 65.4 Å². The van der Waals surface area contributed by atoms with Crippen LogP contribution in [0.1, 0.15) is 0 Å². The fourth-order valence-electron chi connectivity index (χ4n) is 1.90. The second-order valence-electron chi connectivity index (χ2n) is 3.52. The minimum absolute atomic E-state index is 0. The number of aliphatic hydroxyl groups excluding tert-OH is 1. The third kappa shape index (κ3) is 6.83. The van der Waals surface area contributed by atoms with Crippen molar-refractivity contribution >= 4 is 34.5 Å². The molecule has 0 atom stereocenters. The number of fused-ring (bicyclic) bond motifs is 3. The largest absolute Gasteiger partial charge is 0.665 e. The van der Waals surface area contributed by atoms with E-state index in [0.29, 0.717) is 6.47 Å². The van der Waals surface area contributed by atoms with Crippen molar-refractivity contribution in [3.05, 3.63) is 54.6 Å². The quantitative estimate of drug-likeness (QED) is 0.422. The van der Waals surface area contributed by atoms with E-state index in [1.165, 1.54) is 21.5 Å². The Kier molecular flexibility index (Phi) is 14.2. The van der Waals surface area contributed by atoms with E-state index in [1.807, 2.05) is 0 Å². The van der Waals surface area contributed by atoms with Crippen LogP contribution in [0, 0.1) is 0 Å². The third-order valence-electron chi connectivity index (χ3n) is 2.52. The van der Waals surface area contributed by atoms with Gasteiger partial charge in [-0.15, -0.1) is 39.7 Å². The topological polar surface area (TPSA) is 74.6 Å². The summed E-state index contributed by atoms with van der Waals surface area (Å²) in [6, 6.07) is 19.3. The van der Waals surface area contributed by atoms with E-state index < -0.39 is 0 Å². The van der Waals surface area contributed by atoms with Crippen LogP contribution < -0.4 is 0 Å². The standard InChI is InChI=1S/C13H9.CH2O2.CHO2.2Y/c1-3-7-12-10(5-1)9-11-6-2-4-8-13(11)12;2*2-1-3;;/h1-9H;1H,(H,2,3);(H,2,3);;/q-1;;-1;;. The summed E-state index contributed by atoms with van der Waals surface area (Å²) >= 11 is 0. The van der Waals surface area contributed by atoms with E-state index in [-0.39, 0.29) is 71.9 Å². The monoisotopic (exact) mass is 434 g/mol. The molecule has 0 aromatic heterocycles. The van der Waals surface area contributed by atoms with Gasteiger partial charge in [0.05, 0.1) is 0 Å². The molecule has 3 aromatic carbocycles. The van der Waals surface area contributed by atoms with Crippen molar-refractivity contribution in [3.63, 3.8) is 0 Å². The molecule has 0 aliphatic carbocycles. The van der Waals surface area contributed by atoms with E-state index in [9.17, 15) is 0 Å². The van der Waals surface area contributed by atoms with Crippen LogP contribution in [-0.2, 0) is 75.0 Å². The van der Waals surface area contributed by atoms with Gasteiger partial charge in [-0.2, -0.15) is 0 Å². The molecule has 2 N–H and O–H groups in total. The molecule has 0 saturated carbocycles. The van der Waals surface area contributed by atoms with Crippen LogP contribution in [-0.4, -0.2) is 23.2 Å². The van der Waals surface area contributed by atoms with Crippen LogP contribution in [0.25, 0.3) is 21.5 Å². The molecule has 0 spiro atoms. The van der Waals surface area contributed by atoms with Gasteiger partial charge in [0.2, 0.25) is 0 Å². The van der Waals surface area contributed by atoms with Crippen molar-refractivity contribution in [2.45, 2.75) is 0 Å². The van der Waals surface area contributed by atoms with Crippen molar-refractivity contribution in [2.24, 2.45) is 0 Å². The van der Waals surface area contributed by atoms with Crippen molar-refractivity contribution in [1.82, 2.24) is 0 Å². The first kappa shape index (κ1) is 22.7. The molecule has 0 heterocycles. The summed E-state index contributed by atoms with van der Waals surface area (Å²) in [7, 11) is 0. The first-order valence-electron chi connectivity index (χ1n) is 5.40. The Morgan fingerprint density at radius 1 is 0.905 bits per heavy atom. The fraction of sp³-hybridized carbons (Fsp3) is 0. The molecular weight excluding hydrogens is 422 g/mol. The van der Waals surface area contributed by atoms with Gasteiger partial charge in [-0.1, -0.05) is 42.9 Å². The molecule has 0 bridgehead atoms. The smallest absolute Gasteiger partial charge is 0.290 e. The maximum absolute atomic E-state index is 8.36. The van der Waals surface area contributed by atoms with Gasteiger partial charge in [0.1, 0.15) is 0 Å². The van der Waals surface area contributed by atoms with Gasteiger partial charge >= 0.3 is 0 Å². The molecule has 104 valence electrons. The maximum atomic E-state index is 8.36. The molecule has 6 heteroatoms. The summed E-state index contributed by atoms with van der Waals surface area (Å²) in [6.07, 6.45) is 0. The number of benzene rings is 2. The summed E-state index contributed by atoms with van der Waals surface area (Å²) < 4.78 is 0. The summed E-state index contributed by atoms with van der Waals surface area (Å²) in [6.45, 7) is 0.250. The van der Waals surface area contributed by atoms with Crippen LogP contribution in [0.2, 0.25) is 0 Å². The number of hydrogen-bond donors (Lipinski definition) is 2. The van der Waals surface area contributed by atoms with Gasteiger partial charge in [-0.25, -0.2) is 0 Å². The Hall–Kier alpha value is -0.542. The van der Waals surface area contributed by atoms with Crippen LogP contribution in [0.5, 0.6) is 0 Å². The van der Waals surface area contributed by atoms with Crippen molar-refractivity contribution in [1.29, 1.82) is 0 Å². The molecule has 0 saturated heterocycles. The Morgan fingerprint density at radius 3 is 1.52 bits per heavy atom. The molecule has 4 nitrogen and oxygen atoms in total. The number of carbonyl (C=O) groups is 1. The van der Waals surface area contributed by atoms with Crippen LogP contribution in [0.3, 0.4) is 0 Å². The average Bonchev–Trinajstić information content (AvgIpc) is 2.79. The van der Waals surface area contributed by atoms with E-state index in [2.05, 4.69) is 54.6 Å². The third-order valence-corrected chi connectivity index (χ3v) is 2.52. The molecule has 3 rings (SSSR count). The average molecular weight is 434 g/mol. The number of carboxylic acid groups (broad SMARTS) is 1. The SMILES string of the molecule is O=CO.O=[C-]O.[Y].[Y].c1ccc2c(c1)[cH-]c1ccccc12. The minimum Gasteiger partial charge on any atom is -0.665 e. The van der Waals surface area contributed by atoms with E-state index in [4.69, 9.17) is 19.8 Å². The number of rotatable bonds is 0. The molecule has 2 radical (unpaired) electrons. The first-order chi connectivity index (χ1) is 9.28. The second-order valence-corrected chi connectivity index (χ2v) is 3.52. The minimum atomic E-state index is -0.250. The molecule has 0 aliphatic heterocycles. The van der Waals surface area contributed by atoms with Crippen molar-refractivity contribution in [3.8, 4) is 0 Å². The maximum Gasteiger partial charge on any atom is 0.290 e. The Morgan fingerprint density at radius 2 is 1.19 bits per heavy atom. The molecule has 3 aromatic rings. The predicted molar refractivity (Wildman–Crippen MR) is 74.1 cm³/mol. The zero-order chi connectivity index (χ0) is 14.1. The summed E-state index contributed by atoms with van der Waals surface area (Å²) in [4.78, 5) is 16.6. The predicted octanol–water partition coefficient (Wildman–Crippen LogP) is 3.02. The number of hydrogen-bond acceptors (Lipinski definition) is 2. The van der Waals surface area contributed by atoms with Crippen molar-refractivity contribution < 1.29 is 85.2 Å². The Balaban J connectivity index is 0. The second kappa shape index (κ2) is 13.1. The fourth-order valence-corrected chi connectivity index (χ4v) is 1.90. The van der Waals surface area contributed by atoms with Gasteiger partial charge in [0.15, 0.2) is 0 Å². The zero-order valence-corrected chi connectivity index (χ0v) is 16.8. The molecule has 0 amide bonds. The van der Waals surface area contributed by atoms with Gasteiger partial charge < -0.3 is 15.0 Å². The summed E-state index contributed by atoms with van der Waals surface area (Å²) in [5, 5.41) is 19.0. The van der Waals surface area contributed by atoms with E-state index >= 15 is 0 Å². The van der Waals surface area contributed by atoms with Gasteiger partial charge in [-0.05, 0) is 0 Å². The van der Waals surface area contributed by atoms with E-state index in [1.54, 1.807) is 0 Å². The summed E-state index contributed by atoms with van der Waals surface area (Å²) in [5.41, 5.74) is 0. The molecular formula is C15H12O4Y2-2. The Bertz CT molecular complexity index is 608. The Labute approximate surface area is 172 Å².